The Morgan fingerprint density at radius 3 is 2.67 bits per heavy atom. The molecular formula is C13H22N4O. The van der Waals surface area contributed by atoms with Gasteiger partial charge in [-0.25, -0.2) is 4.98 Å². The third kappa shape index (κ3) is 2.90. The van der Waals surface area contributed by atoms with Gasteiger partial charge in [-0.2, -0.15) is 0 Å². The van der Waals surface area contributed by atoms with Gasteiger partial charge in [0, 0.05) is 32.5 Å². The van der Waals surface area contributed by atoms with Crippen molar-refractivity contribution in [2.24, 2.45) is 7.05 Å². The van der Waals surface area contributed by atoms with E-state index in [1.165, 1.54) is 0 Å². The minimum absolute atomic E-state index is 0.166. The van der Waals surface area contributed by atoms with E-state index < -0.39 is 0 Å². The predicted molar refractivity (Wildman–Crippen MR) is 70.2 cm³/mol. The first-order valence-electron chi connectivity index (χ1n) is 6.48. The minimum Gasteiger partial charge on any atom is -0.342 e. The van der Waals surface area contributed by atoms with Crippen molar-refractivity contribution in [1.82, 2.24) is 19.4 Å². The third-order valence-corrected chi connectivity index (χ3v) is 3.86. The van der Waals surface area contributed by atoms with E-state index in [2.05, 4.69) is 16.9 Å². The number of likely N-dealkylation sites (tertiary alicyclic amines) is 1. The first kappa shape index (κ1) is 13.1. The van der Waals surface area contributed by atoms with E-state index in [4.69, 9.17) is 0 Å². The molecule has 0 aromatic carbocycles. The Morgan fingerprint density at radius 1 is 1.44 bits per heavy atom. The standard InChI is InChI=1S/C13H22N4O/c1-15-7-4-11(5-8-15)17(3)13(18)10-12-14-6-9-16(12)2/h6,9,11H,4-5,7-8,10H2,1-3H3. The summed E-state index contributed by atoms with van der Waals surface area (Å²) in [5, 5.41) is 0. The van der Waals surface area contributed by atoms with Crippen LogP contribution >= 0.6 is 0 Å². The largest absolute Gasteiger partial charge is 0.342 e. The number of carbonyl (C=O) groups is 1. The summed E-state index contributed by atoms with van der Waals surface area (Å²) in [6.07, 6.45) is 6.14. The highest BCUT2D eigenvalue weighted by Crippen LogP contribution is 2.15. The summed E-state index contributed by atoms with van der Waals surface area (Å²) in [4.78, 5) is 20.6. The highest BCUT2D eigenvalue weighted by molar-refractivity contribution is 5.78. The Hall–Kier alpha value is -1.36. The molecule has 1 aliphatic heterocycles. The van der Waals surface area contributed by atoms with Crippen LogP contribution in [0.15, 0.2) is 12.4 Å². The van der Waals surface area contributed by atoms with Crippen LogP contribution in [-0.4, -0.2) is 58.5 Å². The minimum atomic E-state index is 0.166. The molecule has 1 amide bonds. The van der Waals surface area contributed by atoms with E-state index >= 15 is 0 Å². The third-order valence-electron chi connectivity index (χ3n) is 3.86. The maximum absolute atomic E-state index is 12.2. The summed E-state index contributed by atoms with van der Waals surface area (Å²) in [7, 11) is 5.97. The van der Waals surface area contributed by atoms with Gasteiger partial charge in [0.25, 0.3) is 0 Å². The number of piperidine rings is 1. The predicted octanol–water partition coefficient (Wildman–Crippen LogP) is 0.515. The monoisotopic (exact) mass is 250 g/mol. The number of hydrogen-bond acceptors (Lipinski definition) is 3. The van der Waals surface area contributed by atoms with E-state index in [1.54, 1.807) is 6.20 Å². The smallest absolute Gasteiger partial charge is 0.230 e. The average Bonchev–Trinajstić information content (AvgIpc) is 2.75. The Morgan fingerprint density at radius 2 is 2.11 bits per heavy atom. The number of hydrogen-bond donors (Lipinski definition) is 0. The van der Waals surface area contributed by atoms with Crippen LogP contribution in [0.1, 0.15) is 18.7 Å². The summed E-state index contributed by atoms with van der Waals surface area (Å²) in [5.74, 6) is 0.999. The van der Waals surface area contributed by atoms with Crippen molar-refractivity contribution in [2.75, 3.05) is 27.2 Å². The lowest BCUT2D eigenvalue weighted by atomic mass is 10.0. The van der Waals surface area contributed by atoms with Gasteiger partial charge < -0.3 is 14.4 Å². The van der Waals surface area contributed by atoms with Crippen molar-refractivity contribution in [3.05, 3.63) is 18.2 Å². The molecular weight excluding hydrogens is 228 g/mol. The molecule has 1 aromatic rings. The number of imidazole rings is 1. The second-order valence-corrected chi connectivity index (χ2v) is 5.17. The molecule has 0 atom stereocenters. The van der Waals surface area contributed by atoms with Gasteiger partial charge in [-0.1, -0.05) is 0 Å². The number of aromatic nitrogens is 2. The highest BCUT2D eigenvalue weighted by atomic mass is 16.2. The van der Waals surface area contributed by atoms with E-state index in [0.29, 0.717) is 12.5 Å². The van der Waals surface area contributed by atoms with Gasteiger partial charge in [-0.3, -0.25) is 4.79 Å². The van der Waals surface area contributed by atoms with Gasteiger partial charge in [0.05, 0.1) is 6.42 Å². The number of rotatable bonds is 3. The molecule has 0 unspecified atom stereocenters. The fourth-order valence-electron chi connectivity index (χ4n) is 2.41. The van der Waals surface area contributed by atoms with Crippen molar-refractivity contribution < 1.29 is 4.79 Å². The van der Waals surface area contributed by atoms with Gasteiger partial charge in [-0.05, 0) is 33.0 Å². The molecule has 2 heterocycles. The quantitative estimate of drug-likeness (QED) is 0.785. The Labute approximate surface area is 108 Å². The Balaban J connectivity index is 1.91. The van der Waals surface area contributed by atoms with Crippen LogP contribution in [0.3, 0.4) is 0 Å². The number of carbonyl (C=O) groups excluding carboxylic acids is 1. The number of amides is 1. The first-order chi connectivity index (χ1) is 8.58. The van der Waals surface area contributed by atoms with Crippen LogP contribution in [0.25, 0.3) is 0 Å². The Bertz CT molecular complexity index is 407. The highest BCUT2D eigenvalue weighted by Gasteiger charge is 2.24. The topological polar surface area (TPSA) is 41.4 Å². The van der Waals surface area contributed by atoms with Crippen LogP contribution in [-0.2, 0) is 18.3 Å². The molecule has 18 heavy (non-hydrogen) atoms. The maximum Gasteiger partial charge on any atom is 0.230 e. The fourth-order valence-corrected chi connectivity index (χ4v) is 2.41. The molecule has 1 fully saturated rings. The van der Waals surface area contributed by atoms with E-state index in [-0.39, 0.29) is 5.91 Å². The lowest BCUT2D eigenvalue weighted by molar-refractivity contribution is -0.132. The lowest BCUT2D eigenvalue weighted by Gasteiger charge is -2.35. The summed E-state index contributed by atoms with van der Waals surface area (Å²) >= 11 is 0. The number of likely N-dealkylation sites (N-methyl/N-ethyl adjacent to an activating group) is 1. The summed E-state index contributed by atoms with van der Waals surface area (Å²) in [6, 6.07) is 0.383. The van der Waals surface area contributed by atoms with Crippen LogP contribution in [0.5, 0.6) is 0 Å². The van der Waals surface area contributed by atoms with Crippen molar-refractivity contribution in [2.45, 2.75) is 25.3 Å². The molecule has 5 heteroatoms. The van der Waals surface area contributed by atoms with Gasteiger partial charge in [-0.15, -0.1) is 0 Å². The summed E-state index contributed by atoms with van der Waals surface area (Å²) < 4.78 is 1.90. The summed E-state index contributed by atoms with van der Waals surface area (Å²) in [6.45, 7) is 2.15. The SMILES string of the molecule is CN1CCC(N(C)C(=O)Cc2nccn2C)CC1. The molecule has 5 nitrogen and oxygen atoms in total. The fraction of sp³-hybridized carbons (Fsp3) is 0.692. The molecule has 0 radical (unpaired) electrons. The lowest BCUT2D eigenvalue weighted by Crippen LogP contribution is -2.45. The molecule has 1 aromatic heterocycles. The molecule has 0 bridgehead atoms. The maximum atomic E-state index is 12.2. The van der Waals surface area contributed by atoms with Gasteiger partial charge in [0.2, 0.25) is 5.91 Å². The second kappa shape index (κ2) is 5.52. The first-order valence-corrected chi connectivity index (χ1v) is 6.48. The molecule has 0 spiro atoms. The van der Waals surface area contributed by atoms with Crippen molar-refractivity contribution >= 4 is 5.91 Å². The van der Waals surface area contributed by atoms with Crippen LogP contribution in [0.2, 0.25) is 0 Å². The zero-order valence-electron chi connectivity index (χ0n) is 11.5. The van der Waals surface area contributed by atoms with Crippen LogP contribution in [0.4, 0.5) is 0 Å². The molecule has 0 saturated carbocycles. The van der Waals surface area contributed by atoms with Crippen molar-refractivity contribution in [1.29, 1.82) is 0 Å². The molecule has 1 saturated heterocycles. The number of aryl methyl sites for hydroxylation is 1. The normalized spacial score (nSPS) is 17.9. The Kier molecular flexibility index (Phi) is 4.01. The van der Waals surface area contributed by atoms with E-state index in [9.17, 15) is 4.79 Å². The molecule has 0 aliphatic carbocycles. The van der Waals surface area contributed by atoms with Gasteiger partial charge in [0.15, 0.2) is 0 Å². The van der Waals surface area contributed by atoms with E-state index in [0.717, 1.165) is 31.8 Å². The summed E-state index contributed by atoms with van der Waals surface area (Å²) in [5.41, 5.74) is 0. The van der Waals surface area contributed by atoms with Crippen molar-refractivity contribution in [3.63, 3.8) is 0 Å². The number of nitrogens with zero attached hydrogens (tertiary/aromatic N) is 4. The van der Waals surface area contributed by atoms with Gasteiger partial charge in [0.1, 0.15) is 5.82 Å². The zero-order chi connectivity index (χ0) is 13.1. The van der Waals surface area contributed by atoms with E-state index in [1.807, 2.05) is 29.8 Å². The van der Waals surface area contributed by atoms with Crippen LogP contribution in [0, 0.1) is 0 Å². The second-order valence-electron chi connectivity index (χ2n) is 5.17. The molecule has 2 rings (SSSR count). The average molecular weight is 250 g/mol. The van der Waals surface area contributed by atoms with Crippen LogP contribution < -0.4 is 0 Å². The molecule has 1 aliphatic rings. The van der Waals surface area contributed by atoms with Crippen molar-refractivity contribution in [3.8, 4) is 0 Å². The zero-order valence-corrected chi connectivity index (χ0v) is 11.5. The van der Waals surface area contributed by atoms with Gasteiger partial charge >= 0.3 is 0 Å². The molecule has 0 N–H and O–H groups in total. The molecule has 100 valence electrons.